The van der Waals surface area contributed by atoms with E-state index < -0.39 is 0 Å². The highest BCUT2D eigenvalue weighted by Crippen LogP contribution is 2.32. The van der Waals surface area contributed by atoms with Crippen LogP contribution in [-0.4, -0.2) is 26.3 Å². The fourth-order valence-corrected chi connectivity index (χ4v) is 9.53. The molecule has 0 aliphatic carbocycles. The normalized spacial score (nSPS) is 10.9. The largest absolute Gasteiger partial charge is 0.508 e. The van der Waals surface area contributed by atoms with E-state index in [0.717, 1.165) is 10.8 Å². The van der Waals surface area contributed by atoms with Crippen molar-refractivity contribution in [2.75, 3.05) is 26.1 Å². The lowest BCUT2D eigenvalue weighted by Crippen LogP contribution is -2.09. The summed E-state index contributed by atoms with van der Waals surface area (Å²) in [5.74, 6) is 3.54. The summed E-state index contributed by atoms with van der Waals surface area (Å²) in [6, 6.07) is 67.8. The number of anilines is 1. The maximum absolute atomic E-state index is 11.7. The van der Waals surface area contributed by atoms with E-state index in [2.05, 4.69) is 220 Å². The molecule has 0 aliphatic rings. The van der Waals surface area contributed by atoms with Crippen LogP contribution in [0.4, 0.5) is 5.69 Å². The van der Waals surface area contributed by atoms with Crippen molar-refractivity contribution < 1.29 is 18.7 Å². The fraction of sp³-hybridized carbons (Fsp3) is 0.280. The van der Waals surface area contributed by atoms with E-state index in [1.807, 2.05) is 58.0 Å². The molecule has 0 saturated carbocycles. The average Bonchev–Trinajstić information content (AvgIpc) is 3.67. The van der Waals surface area contributed by atoms with Crippen LogP contribution in [-0.2, 0) is 0 Å². The number of fused-ring (bicyclic) bond motifs is 5. The molecule has 0 fully saturated rings. The summed E-state index contributed by atoms with van der Waals surface area (Å²) in [6.45, 7) is 25.7. The number of phenolic OH excluding ortho intramolecular Hbond substituents is 1. The van der Waals surface area contributed by atoms with Crippen molar-refractivity contribution in [2.24, 2.45) is 0 Å². The molecule has 11 rings (SSSR count). The Morgan fingerprint density at radius 3 is 1.37 bits per heavy atom. The van der Waals surface area contributed by atoms with Gasteiger partial charge in [0.05, 0.1) is 7.11 Å². The van der Waals surface area contributed by atoms with Gasteiger partial charge in [0.15, 0.2) is 0 Å². The van der Waals surface area contributed by atoms with Gasteiger partial charge in [-0.3, -0.25) is 0 Å². The molecule has 0 atom stereocenters. The second-order valence-corrected chi connectivity index (χ2v) is 22.7. The van der Waals surface area contributed by atoms with Gasteiger partial charge in [0.1, 0.15) is 22.7 Å². The van der Waals surface area contributed by atoms with Crippen LogP contribution in [0.2, 0.25) is 0 Å². The molecule has 9 aromatic carbocycles. The average molecular weight is 1100 g/mol. The number of rotatable bonds is 8. The van der Waals surface area contributed by atoms with E-state index in [4.69, 9.17) is 13.6 Å². The first kappa shape index (κ1) is 62.8. The second kappa shape index (κ2) is 29.9. The zero-order valence-electron chi connectivity index (χ0n) is 51.0. The summed E-state index contributed by atoms with van der Waals surface area (Å²) in [5, 5.41) is 19.1. The molecule has 426 valence electrons. The molecule has 0 amide bonds. The number of benzene rings is 9. The molecule has 7 nitrogen and oxygen atoms in total. The number of methoxy groups -OCH3 is 1. The van der Waals surface area contributed by atoms with Crippen LogP contribution in [0, 0.1) is 0 Å². The quantitative estimate of drug-likeness (QED) is 0.152. The Kier molecular flexibility index (Phi) is 22.9. The minimum Gasteiger partial charge on any atom is -0.508 e. The Morgan fingerprint density at radius 1 is 0.366 bits per heavy atom. The van der Waals surface area contributed by atoms with Crippen molar-refractivity contribution in [1.29, 1.82) is 0 Å². The Morgan fingerprint density at radius 2 is 0.817 bits per heavy atom. The van der Waals surface area contributed by atoms with Crippen LogP contribution in [0.5, 0.6) is 11.5 Å². The highest BCUT2D eigenvalue weighted by molar-refractivity contribution is 5.96. The summed E-state index contributed by atoms with van der Waals surface area (Å²) in [7, 11) is 5.77. The Bertz CT molecular complexity index is 3860. The van der Waals surface area contributed by atoms with Gasteiger partial charge in [0.25, 0.3) is 0 Å². The van der Waals surface area contributed by atoms with Crippen molar-refractivity contribution in [3.05, 3.63) is 254 Å². The SMILES string of the molecule is CC(C)c1cc2ccc(O)cc2oc1=O.CC(C)c1ccc2ccccc2c1.CC(C)c1cccc2c(N(C)C)cccc12.CC(C)c1cccc2ccccc12.CC(C)c1ccccc1.COc1ccc2cc(C(C)C)c(=O)oc2c1. The molecule has 1 N–H and O–H groups in total. The van der Waals surface area contributed by atoms with Crippen LogP contribution in [0.1, 0.15) is 152 Å². The minimum atomic E-state index is -0.330. The highest BCUT2D eigenvalue weighted by Gasteiger charge is 2.12. The summed E-state index contributed by atoms with van der Waals surface area (Å²) in [4.78, 5) is 25.4. The van der Waals surface area contributed by atoms with Crippen molar-refractivity contribution in [3.63, 3.8) is 0 Å². The number of hydrogen-bond donors (Lipinski definition) is 1. The van der Waals surface area contributed by atoms with E-state index in [0.29, 0.717) is 51.7 Å². The van der Waals surface area contributed by atoms with Gasteiger partial charge in [0.2, 0.25) is 0 Å². The molecule has 11 aromatic rings. The lowest BCUT2D eigenvalue weighted by Gasteiger charge is -2.17. The van der Waals surface area contributed by atoms with Crippen LogP contribution < -0.4 is 20.9 Å². The Labute approximate surface area is 486 Å². The number of nitrogens with zero attached hydrogens (tertiary/aromatic N) is 1. The van der Waals surface area contributed by atoms with Gasteiger partial charge in [-0.05, 0) is 127 Å². The molecular weight excluding hydrogens is 1010 g/mol. The first-order valence-electron chi connectivity index (χ1n) is 28.8. The molecule has 2 heterocycles. The third-order valence-corrected chi connectivity index (χ3v) is 14.3. The van der Waals surface area contributed by atoms with Gasteiger partial charge in [-0.25, -0.2) is 9.59 Å². The van der Waals surface area contributed by atoms with Crippen molar-refractivity contribution in [2.45, 2.75) is 119 Å². The number of phenols is 1. The first-order chi connectivity index (χ1) is 39.2. The molecule has 0 radical (unpaired) electrons. The zero-order valence-corrected chi connectivity index (χ0v) is 51.0. The molecule has 0 spiro atoms. The minimum absolute atomic E-state index is 0.1000. The lowest BCUT2D eigenvalue weighted by molar-refractivity contribution is 0.414. The Hall–Kier alpha value is -8.42. The summed E-state index contributed by atoms with van der Waals surface area (Å²) >= 11 is 0. The smallest absolute Gasteiger partial charge is 0.339 e. The highest BCUT2D eigenvalue weighted by atomic mass is 16.5. The lowest BCUT2D eigenvalue weighted by atomic mass is 9.95. The number of ether oxygens (including phenoxy) is 1. The van der Waals surface area contributed by atoms with E-state index >= 15 is 0 Å². The van der Waals surface area contributed by atoms with Crippen molar-refractivity contribution in [1.82, 2.24) is 0 Å². The molecule has 0 aliphatic heterocycles. The molecule has 0 unspecified atom stereocenters. The Balaban J connectivity index is 0.000000159. The molecule has 7 heteroatoms. The predicted octanol–water partition coefficient (Wildman–Crippen LogP) is 20.3. The number of aromatic hydroxyl groups is 1. The van der Waals surface area contributed by atoms with E-state index in [9.17, 15) is 14.7 Å². The van der Waals surface area contributed by atoms with Crippen LogP contribution in [0.15, 0.2) is 219 Å². The summed E-state index contributed by atoms with van der Waals surface area (Å²) in [5.41, 5.74) is 8.75. The summed E-state index contributed by atoms with van der Waals surface area (Å²) < 4.78 is 15.5. The van der Waals surface area contributed by atoms with Crippen molar-refractivity contribution in [3.8, 4) is 11.5 Å². The van der Waals surface area contributed by atoms with Gasteiger partial charge in [-0.1, -0.05) is 229 Å². The zero-order chi connectivity index (χ0) is 59.6. The van der Waals surface area contributed by atoms with Gasteiger partial charge in [0, 0.05) is 59.2 Å². The third kappa shape index (κ3) is 17.1. The second-order valence-electron chi connectivity index (χ2n) is 22.7. The van der Waals surface area contributed by atoms with Gasteiger partial charge >= 0.3 is 11.3 Å². The van der Waals surface area contributed by atoms with Crippen molar-refractivity contribution >= 4 is 59.9 Å². The molecule has 2 aromatic heterocycles. The fourth-order valence-electron chi connectivity index (χ4n) is 9.53. The summed E-state index contributed by atoms with van der Waals surface area (Å²) in [6.07, 6.45) is 0. The van der Waals surface area contributed by atoms with Crippen LogP contribution in [0.25, 0.3) is 54.3 Å². The molecule has 82 heavy (non-hydrogen) atoms. The monoisotopic (exact) mass is 1100 g/mol. The maximum atomic E-state index is 11.7. The number of hydrogen-bond acceptors (Lipinski definition) is 7. The van der Waals surface area contributed by atoms with Crippen LogP contribution in [0.3, 0.4) is 0 Å². The maximum Gasteiger partial charge on any atom is 0.339 e. The van der Waals surface area contributed by atoms with Crippen LogP contribution >= 0.6 is 0 Å². The standard InChI is InChI=1S/C15H19N.C13H14O3.2C13H14.C12H12O3.C9H12/c1-11(2)12-7-5-9-14-13(12)8-6-10-15(14)16(3)4;1-8(2)11-6-9-4-5-10(15-3)7-12(9)16-13(11)14;1-10(2)12-9-5-7-11-6-3-4-8-13(11)12;1-10(2)12-8-7-11-5-3-4-6-13(11)9-12;1-7(2)10-5-8-3-4-9(13)6-11(8)15-12(10)14;1-8(2)9-6-4-3-5-7-9/h5-11H,1-4H3;4-8H,1-3H3;2*3-10H,1-2H3;3-7,13H,1-2H3;3-8H,1-2H3. The third-order valence-electron chi connectivity index (χ3n) is 14.3. The van der Waals surface area contributed by atoms with E-state index in [-0.39, 0.29) is 28.8 Å². The molecule has 0 saturated heterocycles. The van der Waals surface area contributed by atoms with E-state index in [1.54, 1.807) is 25.3 Å². The first-order valence-corrected chi connectivity index (χ1v) is 28.8. The predicted molar refractivity (Wildman–Crippen MR) is 350 cm³/mol. The topological polar surface area (TPSA) is 93.1 Å². The molecular formula is C75H85NO6. The van der Waals surface area contributed by atoms with E-state index in [1.165, 1.54) is 66.3 Å². The van der Waals surface area contributed by atoms with Gasteiger partial charge in [-0.2, -0.15) is 0 Å². The van der Waals surface area contributed by atoms with Gasteiger partial charge in [-0.15, -0.1) is 0 Å². The van der Waals surface area contributed by atoms with Gasteiger partial charge < -0.3 is 23.6 Å². The molecule has 0 bridgehead atoms.